The Labute approximate surface area is 112 Å². The first-order valence-corrected chi connectivity index (χ1v) is 6.89. The summed E-state index contributed by atoms with van der Waals surface area (Å²) in [6, 6.07) is 8.74. The summed E-state index contributed by atoms with van der Waals surface area (Å²) < 4.78 is 2.23. The number of aromatic nitrogens is 2. The van der Waals surface area contributed by atoms with Crippen molar-refractivity contribution in [3.63, 3.8) is 0 Å². The molecule has 0 spiro atoms. The summed E-state index contributed by atoms with van der Waals surface area (Å²) in [6.07, 6.45) is 4.65. The molecule has 1 saturated carbocycles. The van der Waals surface area contributed by atoms with Crippen LogP contribution in [-0.4, -0.2) is 20.8 Å². The minimum absolute atomic E-state index is 0.0446. The molecule has 0 amide bonds. The van der Waals surface area contributed by atoms with Crippen LogP contribution in [-0.2, 0) is 0 Å². The molecule has 0 bridgehead atoms. The number of benzene rings is 1. The summed E-state index contributed by atoms with van der Waals surface area (Å²) in [5.74, 6) is 0.298. The maximum atomic E-state index is 10.5. The van der Waals surface area contributed by atoms with Crippen LogP contribution in [0.2, 0.25) is 0 Å². The fourth-order valence-electron chi connectivity index (χ4n) is 3.85. The monoisotopic (exact) mass is 254 g/mol. The van der Waals surface area contributed by atoms with Gasteiger partial charge >= 0.3 is 0 Å². The molecule has 3 nitrogen and oxygen atoms in total. The van der Waals surface area contributed by atoms with Crippen LogP contribution < -0.4 is 0 Å². The second-order valence-electron chi connectivity index (χ2n) is 6.52. The first-order chi connectivity index (χ1) is 9.09. The highest BCUT2D eigenvalue weighted by Gasteiger charge is 2.52. The van der Waals surface area contributed by atoms with E-state index in [4.69, 9.17) is 0 Å². The Kier molecular flexibility index (Phi) is 2.06. The highest BCUT2D eigenvalue weighted by atomic mass is 16.3. The second kappa shape index (κ2) is 3.48. The van der Waals surface area contributed by atoms with Gasteiger partial charge < -0.3 is 9.67 Å². The van der Waals surface area contributed by atoms with Crippen molar-refractivity contribution in [1.29, 1.82) is 0 Å². The highest BCUT2D eigenvalue weighted by Crippen LogP contribution is 2.55. The summed E-state index contributed by atoms with van der Waals surface area (Å²) >= 11 is 0. The number of fused-ring (bicyclic) bond motifs is 3. The van der Waals surface area contributed by atoms with Gasteiger partial charge in [0.2, 0.25) is 0 Å². The van der Waals surface area contributed by atoms with Gasteiger partial charge in [0, 0.05) is 11.5 Å². The number of hydrogen-bond donors (Lipinski definition) is 1. The van der Waals surface area contributed by atoms with E-state index in [0.717, 1.165) is 6.42 Å². The molecule has 3 atom stereocenters. The Morgan fingerprint density at radius 2 is 2.11 bits per heavy atom. The average Bonchev–Trinajstić information content (AvgIpc) is 2.96. The average molecular weight is 254 g/mol. The zero-order valence-electron chi connectivity index (χ0n) is 11.2. The largest absolute Gasteiger partial charge is 0.392 e. The second-order valence-corrected chi connectivity index (χ2v) is 6.52. The van der Waals surface area contributed by atoms with Crippen molar-refractivity contribution in [3.05, 3.63) is 42.4 Å². The Balaban J connectivity index is 1.82. The van der Waals surface area contributed by atoms with E-state index in [1.54, 1.807) is 0 Å². The van der Waals surface area contributed by atoms with E-state index in [2.05, 4.69) is 47.7 Å². The lowest BCUT2D eigenvalue weighted by Crippen LogP contribution is -2.51. The van der Waals surface area contributed by atoms with Crippen LogP contribution >= 0.6 is 0 Å². The molecule has 0 unspecified atom stereocenters. The Bertz CT molecular complexity index is 644. The van der Waals surface area contributed by atoms with E-state index in [1.165, 1.54) is 16.8 Å². The van der Waals surface area contributed by atoms with Crippen molar-refractivity contribution in [2.24, 2.45) is 11.3 Å². The molecule has 2 heterocycles. The van der Waals surface area contributed by atoms with E-state index in [9.17, 15) is 5.11 Å². The molecule has 0 radical (unpaired) electrons. The van der Waals surface area contributed by atoms with Crippen LogP contribution in [0.4, 0.5) is 0 Å². The Morgan fingerprint density at radius 3 is 2.84 bits per heavy atom. The van der Waals surface area contributed by atoms with Crippen LogP contribution in [0.1, 0.15) is 31.9 Å². The molecule has 1 aliphatic carbocycles. The fraction of sp³-hybridized carbons (Fsp3) is 0.438. The van der Waals surface area contributed by atoms with Gasteiger partial charge in [0.15, 0.2) is 0 Å². The van der Waals surface area contributed by atoms with Crippen LogP contribution in [0.15, 0.2) is 36.8 Å². The van der Waals surface area contributed by atoms with Crippen LogP contribution in [0, 0.1) is 11.3 Å². The van der Waals surface area contributed by atoms with Gasteiger partial charge in [-0.25, -0.2) is 4.98 Å². The molecule has 1 aromatic carbocycles. The van der Waals surface area contributed by atoms with E-state index in [1.807, 2.05) is 12.5 Å². The van der Waals surface area contributed by atoms with E-state index >= 15 is 0 Å². The van der Waals surface area contributed by atoms with Gasteiger partial charge in [-0.1, -0.05) is 38.1 Å². The molecule has 4 rings (SSSR count). The molecule has 2 aliphatic rings. The van der Waals surface area contributed by atoms with Gasteiger partial charge in [-0.3, -0.25) is 0 Å². The molecule has 19 heavy (non-hydrogen) atoms. The van der Waals surface area contributed by atoms with E-state index < -0.39 is 0 Å². The fourth-order valence-corrected chi connectivity index (χ4v) is 3.85. The van der Waals surface area contributed by atoms with Gasteiger partial charge in [-0.15, -0.1) is 0 Å². The SMILES string of the molecule is CC1(C)C[C@@H]([C@H]2c3ccccc3-c3cncn32)[C@H]1O. The molecule has 1 aromatic heterocycles. The van der Waals surface area contributed by atoms with Crippen molar-refractivity contribution >= 4 is 0 Å². The minimum atomic E-state index is -0.237. The maximum absolute atomic E-state index is 10.5. The number of imidazole rings is 1. The number of aliphatic hydroxyl groups excluding tert-OH is 1. The summed E-state index contributed by atoms with van der Waals surface area (Å²) in [5.41, 5.74) is 3.82. The van der Waals surface area contributed by atoms with Crippen molar-refractivity contribution in [1.82, 2.24) is 9.55 Å². The molecule has 1 N–H and O–H groups in total. The molecular formula is C16H18N2O. The third-order valence-electron chi connectivity index (χ3n) is 4.89. The summed E-state index contributed by atoms with van der Waals surface area (Å²) in [7, 11) is 0. The van der Waals surface area contributed by atoms with Gasteiger partial charge in [-0.05, 0) is 17.4 Å². The number of nitrogens with zero attached hydrogens (tertiary/aromatic N) is 2. The molecular weight excluding hydrogens is 236 g/mol. The maximum Gasteiger partial charge on any atom is 0.0956 e. The minimum Gasteiger partial charge on any atom is -0.392 e. The molecule has 3 heteroatoms. The molecule has 1 fully saturated rings. The topological polar surface area (TPSA) is 38.0 Å². The summed E-state index contributed by atoms with van der Waals surface area (Å²) in [5, 5.41) is 10.5. The zero-order chi connectivity index (χ0) is 13.2. The third kappa shape index (κ3) is 1.34. The van der Waals surface area contributed by atoms with Crippen molar-refractivity contribution < 1.29 is 5.11 Å². The Morgan fingerprint density at radius 1 is 1.32 bits per heavy atom. The molecule has 1 aliphatic heterocycles. The number of hydrogen-bond acceptors (Lipinski definition) is 2. The predicted octanol–water partition coefficient (Wildman–Crippen LogP) is 2.86. The predicted molar refractivity (Wildman–Crippen MR) is 73.7 cm³/mol. The standard InChI is InChI=1S/C16H18N2O/c1-16(2)7-12(15(16)19)14-11-6-4-3-5-10(11)13-8-17-9-18(13)14/h3-6,8-9,12,14-15,19H,7H2,1-2H3/t12-,14+,15+/m0/s1. The first-order valence-electron chi connectivity index (χ1n) is 6.89. The normalized spacial score (nSPS) is 30.6. The van der Waals surface area contributed by atoms with Crippen molar-refractivity contribution in [3.8, 4) is 11.3 Å². The van der Waals surface area contributed by atoms with Gasteiger partial charge in [0.1, 0.15) is 0 Å². The van der Waals surface area contributed by atoms with Crippen molar-refractivity contribution in [2.75, 3.05) is 0 Å². The van der Waals surface area contributed by atoms with Crippen LogP contribution in [0.3, 0.4) is 0 Å². The van der Waals surface area contributed by atoms with Gasteiger partial charge in [-0.2, -0.15) is 0 Å². The molecule has 2 aromatic rings. The van der Waals surface area contributed by atoms with Crippen LogP contribution in [0.25, 0.3) is 11.3 Å². The quantitative estimate of drug-likeness (QED) is 0.849. The lowest BCUT2D eigenvalue weighted by Gasteiger charge is -2.51. The first kappa shape index (κ1) is 11.2. The smallest absolute Gasteiger partial charge is 0.0956 e. The number of rotatable bonds is 1. The Hall–Kier alpha value is -1.61. The molecule has 0 saturated heterocycles. The zero-order valence-corrected chi connectivity index (χ0v) is 11.2. The lowest BCUT2D eigenvalue weighted by molar-refractivity contribution is -0.112. The molecule has 98 valence electrons. The summed E-state index contributed by atoms with van der Waals surface area (Å²) in [6.45, 7) is 4.29. The van der Waals surface area contributed by atoms with Gasteiger partial charge in [0.05, 0.1) is 30.4 Å². The summed E-state index contributed by atoms with van der Waals surface area (Å²) in [4.78, 5) is 4.28. The highest BCUT2D eigenvalue weighted by molar-refractivity contribution is 5.69. The van der Waals surface area contributed by atoms with Gasteiger partial charge in [0.25, 0.3) is 0 Å². The van der Waals surface area contributed by atoms with E-state index in [0.29, 0.717) is 5.92 Å². The lowest BCUT2D eigenvalue weighted by atomic mass is 9.58. The van der Waals surface area contributed by atoms with Crippen LogP contribution in [0.5, 0.6) is 0 Å². The third-order valence-corrected chi connectivity index (χ3v) is 4.89. The van der Waals surface area contributed by atoms with E-state index in [-0.39, 0.29) is 17.6 Å². The van der Waals surface area contributed by atoms with Crippen molar-refractivity contribution in [2.45, 2.75) is 32.4 Å². The number of aliphatic hydroxyl groups is 1.